The van der Waals surface area contributed by atoms with Gasteiger partial charge in [-0.05, 0) is 82.8 Å². The zero-order valence-corrected chi connectivity index (χ0v) is 22.8. The van der Waals surface area contributed by atoms with Gasteiger partial charge in [0.25, 0.3) is 0 Å². The van der Waals surface area contributed by atoms with Crippen LogP contribution in [0.3, 0.4) is 0 Å². The van der Waals surface area contributed by atoms with Gasteiger partial charge in [-0.3, -0.25) is 0 Å². The monoisotopic (exact) mass is 519 g/mol. The molecule has 40 heavy (non-hydrogen) atoms. The van der Waals surface area contributed by atoms with Gasteiger partial charge in [-0.1, -0.05) is 81.4 Å². The first kappa shape index (κ1) is 24.1. The lowest BCUT2D eigenvalue weighted by Crippen LogP contribution is -2.10. The number of nitrogens with zero attached hydrogens (tertiary/aromatic N) is 3. The summed E-state index contributed by atoms with van der Waals surface area (Å²) in [6.07, 6.45) is 0. The van der Waals surface area contributed by atoms with Crippen molar-refractivity contribution in [1.29, 1.82) is 0 Å². The van der Waals surface area contributed by atoms with E-state index in [1.807, 2.05) is 42.5 Å². The van der Waals surface area contributed by atoms with Gasteiger partial charge in [-0.25, -0.2) is 0 Å². The molecule has 0 aliphatic heterocycles. The maximum absolute atomic E-state index is 5.97. The van der Waals surface area contributed by atoms with Gasteiger partial charge < -0.3 is 8.98 Å². The fraction of sp³-hybridized carbons (Fsp3) is 0.111. The summed E-state index contributed by atoms with van der Waals surface area (Å²) < 4.78 is 8.33. The predicted molar refractivity (Wildman–Crippen MR) is 164 cm³/mol. The second-order valence-electron chi connectivity index (χ2n) is 11.2. The van der Waals surface area contributed by atoms with Gasteiger partial charge in [0.05, 0.1) is 11.0 Å². The van der Waals surface area contributed by atoms with Crippen molar-refractivity contribution in [3.8, 4) is 39.7 Å². The minimum Gasteiger partial charge on any atom is -0.416 e. The maximum Gasteiger partial charge on any atom is 0.248 e. The lowest BCUT2D eigenvalue weighted by molar-refractivity contribution is 0.584. The van der Waals surface area contributed by atoms with E-state index >= 15 is 0 Å². The number of hydrogen-bond donors (Lipinski definition) is 0. The van der Waals surface area contributed by atoms with Crippen molar-refractivity contribution in [2.24, 2.45) is 0 Å². The number of fused-ring (bicyclic) bond motifs is 3. The van der Waals surface area contributed by atoms with E-state index in [0.717, 1.165) is 22.4 Å². The third-order valence-electron chi connectivity index (χ3n) is 7.56. The summed E-state index contributed by atoms with van der Waals surface area (Å²) in [5.41, 5.74) is 9.10. The van der Waals surface area contributed by atoms with Crippen molar-refractivity contribution in [2.45, 2.75) is 26.2 Å². The van der Waals surface area contributed by atoms with Crippen LogP contribution in [0.5, 0.6) is 0 Å². The molecule has 2 aromatic heterocycles. The first-order valence-corrected chi connectivity index (χ1v) is 13.6. The van der Waals surface area contributed by atoms with E-state index < -0.39 is 0 Å². The lowest BCUT2D eigenvalue weighted by Gasteiger charge is -2.19. The van der Waals surface area contributed by atoms with Crippen LogP contribution in [0, 0.1) is 0 Å². The summed E-state index contributed by atoms with van der Waals surface area (Å²) >= 11 is 0. The van der Waals surface area contributed by atoms with Crippen molar-refractivity contribution < 1.29 is 4.42 Å². The Labute approximate surface area is 233 Å². The predicted octanol–water partition coefficient (Wildman–Crippen LogP) is 9.47. The largest absolute Gasteiger partial charge is 0.416 e. The van der Waals surface area contributed by atoms with E-state index in [-0.39, 0.29) is 5.41 Å². The summed E-state index contributed by atoms with van der Waals surface area (Å²) in [5, 5.41) is 11.0. The highest BCUT2D eigenvalue weighted by Gasteiger charge is 2.19. The van der Waals surface area contributed by atoms with Crippen LogP contribution < -0.4 is 0 Å². The van der Waals surface area contributed by atoms with Crippen molar-refractivity contribution in [3.63, 3.8) is 0 Å². The Morgan fingerprint density at radius 1 is 0.525 bits per heavy atom. The zero-order valence-electron chi connectivity index (χ0n) is 22.8. The molecule has 0 saturated carbocycles. The third-order valence-corrected chi connectivity index (χ3v) is 7.56. The van der Waals surface area contributed by atoms with E-state index in [0.29, 0.717) is 11.8 Å². The molecular formula is C36H29N3O. The topological polar surface area (TPSA) is 43.9 Å². The van der Waals surface area contributed by atoms with Gasteiger partial charge in [-0.2, -0.15) is 0 Å². The fourth-order valence-electron chi connectivity index (χ4n) is 5.37. The second kappa shape index (κ2) is 9.35. The van der Waals surface area contributed by atoms with Crippen LogP contribution in [-0.2, 0) is 5.41 Å². The van der Waals surface area contributed by atoms with Crippen LogP contribution in [0.1, 0.15) is 26.3 Å². The molecule has 2 heterocycles. The molecule has 0 atom stereocenters. The van der Waals surface area contributed by atoms with Crippen molar-refractivity contribution in [2.75, 3.05) is 0 Å². The molecule has 0 N–H and O–H groups in total. The Kier molecular flexibility index (Phi) is 5.64. The fourth-order valence-corrected chi connectivity index (χ4v) is 5.37. The minimum absolute atomic E-state index is 0.0674. The molecule has 0 bridgehead atoms. The van der Waals surface area contributed by atoms with Gasteiger partial charge in [-0.15, -0.1) is 10.2 Å². The zero-order chi connectivity index (χ0) is 27.3. The van der Waals surface area contributed by atoms with Gasteiger partial charge >= 0.3 is 0 Å². The van der Waals surface area contributed by atoms with Gasteiger partial charge in [0, 0.05) is 27.6 Å². The van der Waals surface area contributed by atoms with E-state index in [2.05, 4.69) is 114 Å². The molecule has 0 unspecified atom stereocenters. The number of aromatic nitrogens is 3. The molecule has 0 aliphatic rings. The summed E-state index contributed by atoms with van der Waals surface area (Å²) in [6, 6.07) is 42.4. The molecule has 0 saturated heterocycles. The Morgan fingerprint density at radius 3 is 1.70 bits per heavy atom. The van der Waals surface area contributed by atoms with Crippen LogP contribution >= 0.6 is 0 Å². The molecule has 5 aromatic carbocycles. The normalized spacial score (nSPS) is 11.9. The number of hydrogen-bond acceptors (Lipinski definition) is 3. The first-order valence-electron chi connectivity index (χ1n) is 13.6. The molecule has 0 aliphatic carbocycles. The summed E-state index contributed by atoms with van der Waals surface area (Å²) in [7, 11) is 0. The van der Waals surface area contributed by atoms with E-state index in [1.165, 1.54) is 32.9 Å². The average molecular weight is 520 g/mol. The molecule has 0 fully saturated rings. The minimum atomic E-state index is 0.0674. The summed E-state index contributed by atoms with van der Waals surface area (Å²) in [5.74, 6) is 1.04. The highest BCUT2D eigenvalue weighted by Crippen LogP contribution is 2.37. The number of para-hydroxylation sites is 1. The molecule has 7 aromatic rings. The van der Waals surface area contributed by atoms with E-state index in [1.54, 1.807) is 0 Å². The second-order valence-corrected chi connectivity index (χ2v) is 11.2. The highest BCUT2D eigenvalue weighted by atomic mass is 16.4. The Hall–Kier alpha value is -4.96. The van der Waals surface area contributed by atoms with Gasteiger partial charge in [0.1, 0.15) is 0 Å². The van der Waals surface area contributed by atoms with Crippen molar-refractivity contribution in [1.82, 2.24) is 14.8 Å². The Bertz CT molecular complexity index is 1960. The molecule has 7 rings (SSSR count). The van der Waals surface area contributed by atoms with Crippen LogP contribution in [0.2, 0.25) is 0 Å². The maximum atomic E-state index is 5.97. The number of rotatable bonds is 4. The lowest BCUT2D eigenvalue weighted by atomic mass is 9.86. The molecule has 0 amide bonds. The average Bonchev–Trinajstić information content (AvgIpc) is 3.61. The van der Waals surface area contributed by atoms with Crippen LogP contribution in [0.4, 0.5) is 0 Å². The molecule has 4 nitrogen and oxygen atoms in total. The van der Waals surface area contributed by atoms with Gasteiger partial charge in [0.15, 0.2) is 0 Å². The van der Waals surface area contributed by atoms with E-state index in [9.17, 15) is 0 Å². The molecule has 0 spiro atoms. The van der Waals surface area contributed by atoms with Crippen LogP contribution in [0.25, 0.3) is 61.5 Å². The highest BCUT2D eigenvalue weighted by molar-refractivity contribution is 6.10. The SMILES string of the molecule is CC(C)(C)c1ccc2c(c1)c1cc(-c3ccc(-c4nnc(-c5ccccc5)o4)cc3)ccc1n2-c1ccccc1. The Morgan fingerprint density at radius 2 is 1.05 bits per heavy atom. The van der Waals surface area contributed by atoms with Crippen LogP contribution in [0.15, 0.2) is 126 Å². The Balaban J connectivity index is 1.31. The first-order chi connectivity index (χ1) is 19.5. The molecular weight excluding hydrogens is 490 g/mol. The van der Waals surface area contributed by atoms with Crippen molar-refractivity contribution >= 4 is 21.8 Å². The van der Waals surface area contributed by atoms with Crippen LogP contribution in [-0.4, -0.2) is 14.8 Å². The van der Waals surface area contributed by atoms with Crippen molar-refractivity contribution in [3.05, 3.63) is 127 Å². The summed E-state index contributed by atoms with van der Waals surface area (Å²) in [6.45, 7) is 6.80. The quantitative estimate of drug-likeness (QED) is 0.233. The molecule has 194 valence electrons. The summed E-state index contributed by atoms with van der Waals surface area (Å²) in [4.78, 5) is 0. The smallest absolute Gasteiger partial charge is 0.248 e. The number of benzene rings is 5. The molecule has 4 heteroatoms. The van der Waals surface area contributed by atoms with E-state index in [4.69, 9.17) is 4.42 Å². The standard InChI is InChI=1S/C36H29N3O/c1-36(2,3)28-19-21-33-31(23-28)30-22-27(18-20-32(30)39(33)29-12-8-5-9-13-29)24-14-16-26(17-15-24)35-38-37-34(40-35)25-10-6-4-7-11-25/h4-23H,1-3H3. The third kappa shape index (κ3) is 4.18. The van der Waals surface area contributed by atoms with Gasteiger partial charge in [0.2, 0.25) is 11.8 Å². The molecule has 0 radical (unpaired) electrons.